The maximum absolute atomic E-state index is 12.3. The molecule has 0 bridgehead atoms. The van der Waals surface area contributed by atoms with E-state index in [-0.39, 0.29) is 5.78 Å². The highest BCUT2D eigenvalue weighted by Gasteiger charge is 2.20. The van der Waals surface area contributed by atoms with Crippen LogP contribution in [0.25, 0.3) is 0 Å². The molecule has 0 atom stereocenters. The molecular weight excluding hydrogens is 312 g/mol. The molecule has 2 aromatic rings. The summed E-state index contributed by atoms with van der Waals surface area (Å²) in [7, 11) is 0. The third-order valence-electron chi connectivity index (χ3n) is 4.57. The lowest BCUT2D eigenvalue weighted by Gasteiger charge is -2.35. The Labute approximate surface area is 148 Å². The van der Waals surface area contributed by atoms with Crippen molar-refractivity contribution in [1.82, 2.24) is 9.88 Å². The second kappa shape index (κ2) is 7.91. The number of rotatable bonds is 5. The van der Waals surface area contributed by atoms with Gasteiger partial charge in [-0.25, -0.2) is 4.98 Å². The molecule has 1 aromatic heterocycles. The average Bonchev–Trinajstić information content (AvgIpc) is 2.66. The van der Waals surface area contributed by atoms with Crippen molar-refractivity contribution >= 4 is 11.6 Å². The summed E-state index contributed by atoms with van der Waals surface area (Å²) in [4.78, 5) is 21.1. The molecule has 1 fully saturated rings. The molecule has 25 heavy (non-hydrogen) atoms. The van der Waals surface area contributed by atoms with Crippen LogP contribution in [0.2, 0.25) is 0 Å². The first kappa shape index (κ1) is 17.1. The molecule has 1 aliphatic heterocycles. The number of hydrogen-bond donors (Lipinski definition) is 0. The predicted octanol–water partition coefficient (Wildman–Crippen LogP) is 2.66. The molecule has 5 heteroatoms. The Morgan fingerprint density at radius 3 is 2.72 bits per heavy atom. The monoisotopic (exact) mass is 334 g/mol. The summed E-state index contributed by atoms with van der Waals surface area (Å²) < 4.78 is 0. The first-order chi connectivity index (χ1) is 12.2. The third-order valence-corrected chi connectivity index (χ3v) is 4.57. The SMILES string of the molecule is Cc1cccc(C(=O)CCN2CCN(c3ncccc3C#N)CC2)c1. The minimum atomic E-state index is 0.197. The van der Waals surface area contributed by atoms with Gasteiger partial charge in [-0.05, 0) is 25.1 Å². The lowest BCUT2D eigenvalue weighted by Crippen LogP contribution is -2.47. The Morgan fingerprint density at radius 1 is 1.20 bits per heavy atom. The second-order valence-corrected chi connectivity index (χ2v) is 6.36. The number of piperazine rings is 1. The van der Waals surface area contributed by atoms with Crippen molar-refractivity contribution in [3.8, 4) is 6.07 Å². The number of aromatic nitrogens is 1. The Kier molecular flexibility index (Phi) is 5.42. The number of aryl methyl sites for hydroxylation is 1. The Hall–Kier alpha value is -2.71. The molecule has 0 spiro atoms. The van der Waals surface area contributed by atoms with Gasteiger partial charge in [-0.2, -0.15) is 5.26 Å². The van der Waals surface area contributed by atoms with Crippen molar-refractivity contribution < 1.29 is 4.79 Å². The van der Waals surface area contributed by atoms with E-state index in [1.807, 2.05) is 31.2 Å². The number of nitriles is 1. The molecule has 0 N–H and O–H groups in total. The van der Waals surface area contributed by atoms with E-state index >= 15 is 0 Å². The van der Waals surface area contributed by atoms with E-state index in [9.17, 15) is 10.1 Å². The van der Waals surface area contributed by atoms with Gasteiger partial charge in [0.05, 0.1) is 5.56 Å². The molecule has 0 aliphatic carbocycles. The third kappa shape index (κ3) is 4.23. The van der Waals surface area contributed by atoms with Crippen LogP contribution in [-0.4, -0.2) is 48.4 Å². The van der Waals surface area contributed by atoms with Crippen LogP contribution in [0.4, 0.5) is 5.82 Å². The highest BCUT2D eigenvalue weighted by Crippen LogP contribution is 2.18. The van der Waals surface area contributed by atoms with Crippen LogP contribution in [0.15, 0.2) is 42.6 Å². The van der Waals surface area contributed by atoms with Gasteiger partial charge >= 0.3 is 0 Å². The number of carbonyl (C=O) groups excluding carboxylic acids is 1. The fraction of sp³-hybridized carbons (Fsp3) is 0.350. The summed E-state index contributed by atoms with van der Waals surface area (Å²) in [5.74, 6) is 0.961. The summed E-state index contributed by atoms with van der Waals surface area (Å²) in [5, 5.41) is 9.21. The second-order valence-electron chi connectivity index (χ2n) is 6.36. The minimum Gasteiger partial charge on any atom is -0.353 e. The van der Waals surface area contributed by atoms with Crippen LogP contribution in [0.5, 0.6) is 0 Å². The Balaban J connectivity index is 1.51. The van der Waals surface area contributed by atoms with Crippen molar-refractivity contribution in [2.45, 2.75) is 13.3 Å². The number of Topliss-reactive ketones (excluding diaryl/α,β-unsaturated/α-hetero) is 1. The van der Waals surface area contributed by atoms with Crippen molar-refractivity contribution in [2.24, 2.45) is 0 Å². The van der Waals surface area contributed by atoms with E-state index in [4.69, 9.17) is 0 Å². The van der Waals surface area contributed by atoms with Crippen molar-refractivity contribution in [1.29, 1.82) is 5.26 Å². The molecule has 2 heterocycles. The van der Waals surface area contributed by atoms with E-state index in [1.54, 1.807) is 18.3 Å². The molecule has 3 rings (SSSR count). The molecule has 1 aliphatic rings. The zero-order chi connectivity index (χ0) is 17.6. The standard InChI is InChI=1S/C20H22N4O/c1-16-4-2-5-17(14-16)19(25)7-9-23-10-12-24(13-11-23)20-18(15-21)6-3-8-22-20/h2-6,8,14H,7,9-13H2,1H3. The molecular formula is C20H22N4O. The summed E-state index contributed by atoms with van der Waals surface area (Å²) >= 11 is 0. The van der Waals surface area contributed by atoms with Crippen LogP contribution >= 0.6 is 0 Å². The van der Waals surface area contributed by atoms with Gasteiger partial charge in [0.2, 0.25) is 0 Å². The van der Waals surface area contributed by atoms with Crippen molar-refractivity contribution in [2.75, 3.05) is 37.6 Å². The van der Waals surface area contributed by atoms with Gasteiger partial charge in [-0.15, -0.1) is 0 Å². The number of benzene rings is 1. The topological polar surface area (TPSA) is 60.2 Å². The van der Waals surface area contributed by atoms with Gasteiger partial charge in [-0.3, -0.25) is 9.69 Å². The molecule has 1 saturated heterocycles. The summed E-state index contributed by atoms with van der Waals surface area (Å²) in [6, 6.07) is 13.6. The van der Waals surface area contributed by atoms with Gasteiger partial charge in [0.1, 0.15) is 11.9 Å². The number of nitrogens with zero attached hydrogens (tertiary/aromatic N) is 4. The van der Waals surface area contributed by atoms with E-state index in [2.05, 4.69) is 20.9 Å². The molecule has 128 valence electrons. The van der Waals surface area contributed by atoms with Gasteiger partial charge < -0.3 is 4.90 Å². The maximum atomic E-state index is 12.3. The van der Waals surface area contributed by atoms with E-state index in [0.717, 1.165) is 49.7 Å². The number of carbonyl (C=O) groups is 1. The Bertz CT molecular complexity index is 788. The number of hydrogen-bond acceptors (Lipinski definition) is 5. The fourth-order valence-electron chi connectivity index (χ4n) is 3.14. The Morgan fingerprint density at radius 2 is 2.00 bits per heavy atom. The van der Waals surface area contributed by atoms with Crippen LogP contribution in [0, 0.1) is 18.3 Å². The number of pyridine rings is 1. The normalized spacial score (nSPS) is 15.0. The first-order valence-electron chi connectivity index (χ1n) is 8.59. The van der Waals surface area contributed by atoms with Crippen molar-refractivity contribution in [3.63, 3.8) is 0 Å². The lowest BCUT2D eigenvalue weighted by atomic mass is 10.1. The van der Waals surface area contributed by atoms with E-state index in [0.29, 0.717) is 12.0 Å². The zero-order valence-corrected chi connectivity index (χ0v) is 14.5. The molecule has 5 nitrogen and oxygen atoms in total. The molecule has 1 aromatic carbocycles. The summed E-state index contributed by atoms with van der Waals surface area (Å²) in [5.41, 5.74) is 2.53. The largest absolute Gasteiger partial charge is 0.353 e. The smallest absolute Gasteiger partial charge is 0.164 e. The molecule has 0 radical (unpaired) electrons. The zero-order valence-electron chi connectivity index (χ0n) is 14.5. The lowest BCUT2D eigenvalue weighted by molar-refractivity contribution is 0.0962. The quantitative estimate of drug-likeness (QED) is 0.787. The van der Waals surface area contributed by atoms with E-state index in [1.165, 1.54) is 0 Å². The van der Waals surface area contributed by atoms with Crippen LogP contribution in [0.1, 0.15) is 27.9 Å². The van der Waals surface area contributed by atoms with E-state index < -0.39 is 0 Å². The minimum absolute atomic E-state index is 0.197. The average molecular weight is 334 g/mol. The van der Waals surface area contributed by atoms with Gasteiger partial charge in [0.25, 0.3) is 0 Å². The molecule has 0 amide bonds. The predicted molar refractivity (Wildman–Crippen MR) is 97.7 cm³/mol. The molecule has 0 saturated carbocycles. The number of ketones is 1. The van der Waals surface area contributed by atoms with Crippen LogP contribution < -0.4 is 4.90 Å². The maximum Gasteiger partial charge on any atom is 0.164 e. The van der Waals surface area contributed by atoms with Crippen molar-refractivity contribution in [3.05, 3.63) is 59.3 Å². The highest BCUT2D eigenvalue weighted by molar-refractivity contribution is 5.96. The first-order valence-corrected chi connectivity index (χ1v) is 8.59. The summed E-state index contributed by atoms with van der Waals surface area (Å²) in [6.45, 7) is 6.18. The van der Waals surface area contributed by atoms with Gasteiger partial charge in [0, 0.05) is 50.9 Å². The number of anilines is 1. The fourth-order valence-corrected chi connectivity index (χ4v) is 3.14. The van der Waals surface area contributed by atoms with Gasteiger partial charge in [0.15, 0.2) is 5.78 Å². The van der Waals surface area contributed by atoms with Crippen LogP contribution in [-0.2, 0) is 0 Å². The highest BCUT2D eigenvalue weighted by atomic mass is 16.1. The summed E-state index contributed by atoms with van der Waals surface area (Å²) in [6.07, 6.45) is 2.26. The van der Waals surface area contributed by atoms with Crippen LogP contribution in [0.3, 0.4) is 0 Å². The molecule has 0 unspecified atom stereocenters. The van der Waals surface area contributed by atoms with Gasteiger partial charge in [-0.1, -0.05) is 23.8 Å².